The van der Waals surface area contributed by atoms with E-state index in [1.54, 1.807) is 18.5 Å². The van der Waals surface area contributed by atoms with Gasteiger partial charge in [-0.25, -0.2) is 4.98 Å². The molecule has 0 atom stereocenters. The van der Waals surface area contributed by atoms with E-state index in [1.807, 2.05) is 59.3 Å². The van der Waals surface area contributed by atoms with E-state index in [4.69, 9.17) is 5.26 Å². The van der Waals surface area contributed by atoms with Crippen LogP contribution in [0.25, 0.3) is 17.8 Å². The minimum Gasteiger partial charge on any atom is -0.300 e. The van der Waals surface area contributed by atoms with Gasteiger partial charge in [-0.2, -0.15) is 5.26 Å². The first-order valence-corrected chi connectivity index (χ1v) is 6.50. The Morgan fingerprint density at radius 1 is 1.00 bits per heavy atom. The normalized spacial score (nSPS) is 10.6. The Kier molecular flexibility index (Phi) is 3.57. The van der Waals surface area contributed by atoms with Crippen LogP contribution in [0.4, 0.5) is 0 Å². The lowest BCUT2D eigenvalue weighted by Crippen LogP contribution is -1.94. The van der Waals surface area contributed by atoms with Crippen molar-refractivity contribution in [2.45, 2.75) is 0 Å². The van der Waals surface area contributed by atoms with E-state index in [1.165, 1.54) is 0 Å². The zero-order valence-corrected chi connectivity index (χ0v) is 11.2. The summed E-state index contributed by atoms with van der Waals surface area (Å²) in [5.41, 5.74) is 2.40. The molecule has 2 heterocycles. The molecule has 3 aromatic rings. The van der Waals surface area contributed by atoms with Crippen molar-refractivity contribution in [3.63, 3.8) is 0 Å². The first-order chi connectivity index (χ1) is 10.4. The summed E-state index contributed by atoms with van der Waals surface area (Å²) in [6, 6.07) is 15.6. The Balaban J connectivity index is 1.87. The molecule has 0 spiro atoms. The van der Waals surface area contributed by atoms with E-state index >= 15 is 0 Å². The quantitative estimate of drug-likeness (QED) is 0.735. The van der Waals surface area contributed by atoms with Gasteiger partial charge in [-0.3, -0.25) is 4.98 Å². The number of pyridine rings is 1. The summed E-state index contributed by atoms with van der Waals surface area (Å²) in [6.45, 7) is 0. The first-order valence-electron chi connectivity index (χ1n) is 6.50. The summed E-state index contributed by atoms with van der Waals surface area (Å²) in [4.78, 5) is 8.54. The second kappa shape index (κ2) is 5.85. The monoisotopic (exact) mass is 272 g/mol. The zero-order chi connectivity index (χ0) is 14.5. The number of aromatic nitrogens is 3. The largest absolute Gasteiger partial charge is 0.300 e. The van der Waals surface area contributed by atoms with Crippen molar-refractivity contribution in [2.75, 3.05) is 0 Å². The van der Waals surface area contributed by atoms with Gasteiger partial charge in [-0.1, -0.05) is 18.2 Å². The highest BCUT2D eigenvalue weighted by atomic mass is 15.1. The molecule has 0 saturated carbocycles. The average molecular weight is 272 g/mol. The molecule has 3 rings (SSSR count). The molecule has 0 bridgehead atoms. The molecule has 0 unspecified atom stereocenters. The van der Waals surface area contributed by atoms with Gasteiger partial charge in [0.25, 0.3) is 0 Å². The fraction of sp³-hybridized carbons (Fsp3) is 0. The van der Waals surface area contributed by atoms with E-state index in [0.29, 0.717) is 5.56 Å². The second-order valence-corrected chi connectivity index (χ2v) is 4.41. The van der Waals surface area contributed by atoms with Gasteiger partial charge >= 0.3 is 0 Å². The topological polar surface area (TPSA) is 54.5 Å². The van der Waals surface area contributed by atoms with Crippen molar-refractivity contribution < 1.29 is 0 Å². The van der Waals surface area contributed by atoms with Crippen molar-refractivity contribution >= 4 is 12.2 Å². The Hall–Kier alpha value is -3.19. The minimum absolute atomic E-state index is 0.554. The van der Waals surface area contributed by atoms with Gasteiger partial charge in [0.1, 0.15) is 11.9 Å². The Morgan fingerprint density at radius 2 is 1.86 bits per heavy atom. The molecule has 1 aromatic carbocycles. The predicted molar refractivity (Wildman–Crippen MR) is 81.4 cm³/mol. The maximum Gasteiger partial charge on any atom is 0.137 e. The van der Waals surface area contributed by atoms with Gasteiger partial charge in [-0.05, 0) is 36.4 Å². The predicted octanol–water partition coefficient (Wildman–Crippen LogP) is 3.31. The molecule has 0 aliphatic rings. The molecular formula is C17H12N4. The number of nitrogens with zero attached hydrogens (tertiary/aromatic N) is 4. The highest BCUT2D eigenvalue weighted by Gasteiger charge is 2.01. The summed E-state index contributed by atoms with van der Waals surface area (Å²) in [5.74, 6) is 0.826. The van der Waals surface area contributed by atoms with Crippen molar-refractivity contribution in [2.24, 2.45) is 0 Å². The van der Waals surface area contributed by atoms with Gasteiger partial charge in [0.15, 0.2) is 0 Å². The molecule has 2 aromatic heterocycles. The van der Waals surface area contributed by atoms with Crippen LogP contribution in [0, 0.1) is 11.3 Å². The standard InChI is InChI=1S/C17H12N4/c18-12-14-6-7-15(20-13-14)8-9-17-19-10-11-21(17)16-4-2-1-3-5-16/h1-11,13H/b9-8+. The van der Waals surface area contributed by atoms with Gasteiger partial charge < -0.3 is 4.57 Å². The van der Waals surface area contributed by atoms with Crippen molar-refractivity contribution in [3.8, 4) is 11.8 Å². The van der Waals surface area contributed by atoms with Crippen LogP contribution >= 0.6 is 0 Å². The van der Waals surface area contributed by atoms with E-state index in [0.717, 1.165) is 17.2 Å². The Labute approximate surface area is 122 Å². The number of imidazole rings is 1. The Morgan fingerprint density at radius 3 is 2.57 bits per heavy atom. The smallest absolute Gasteiger partial charge is 0.137 e. The van der Waals surface area contributed by atoms with Gasteiger partial charge in [0.2, 0.25) is 0 Å². The van der Waals surface area contributed by atoms with Crippen LogP contribution < -0.4 is 0 Å². The summed E-state index contributed by atoms with van der Waals surface area (Å²) >= 11 is 0. The van der Waals surface area contributed by atoms with E-state index in [2.05, 4.69) is 16.0 Å². The van der Waals surface area contributed by atoms with Crippen molar-refractivity contribution in [3.05, 3.63) is 78.1 Å². The van der Waals surface area contributed by atoms with Gasteiger partial charge in [-0.15, -0.1) is 0 Å². The molecule has 0 aliphatic heterocycles. The molecule has 0 amide bonds. The molecule has 0 radical (unpaired) electrons. The lowest BCUT2D eigenvalue weighted by molar-refractivity contribution is 1.03. The molecule has 4 heteroatoms. The van der Waals surface area contributed by atoms with E-state index in [-0.39, 0.29) is 0 Å². The number of para-hydroxylation sites is 1. The number of nitriles is 1. The SMILES string of the molecule is N#Cc1ccc(/C=C/c2nccn2-c2ccccc2)nc1. The average Bonchev–Trinajstić information content (AvgIpc) is 3.03. The molecule has 4 nitrogen and oxygen atoms in total. The number of hydrogen-bond donors (Lipinski definition) is 0. The fourth-order valence-corrected chi connectivity index (χ4v) is 1.98. The van der Waals surface area contributed by atoms with Crippen LogP contribution in [-0.2, 0) is 0 Å². The number of benzene rings is 1. The van der Waals surface area contributed by atoms with Crippen LogP contribution in [0.3, 0.4) is 0 Å². The van der Waals surface area contributed by atoms with Crippen LogP contribution in [0.15, 0.2) is 61.1 Å². The molecule has 100 valence electrons. The lowest BCUT2D eigenvalue weighted by Gasteiger charge is -2.04. The molecule has 0 fully saturated rings. The van der Waals surface area contributed by atoms with Crippen LogP contribution in [0.5, 0.6) is 0 Å². The van der Waals surface area contributed by atoms with Crippen molar-refractivity contribution in [1.82, 2.24) is 14.5 Å². The van der Waals surface area contributed by atoms with Crippen molar-refractivity contribution in [1.29, 1.82) is 5.26 Å². The summed E-state index contributed by atoms with van der Waals surface area (Å²) in [7, 11) is 0. The molecular weight excluding hydrogens is 260 g/mol. The molecule has 0 N–H and O–H groups in total. The maximum atomic E-state index is 8.75. The van der Waals surface area contributed by atoms with Gasteiger partial charge in [0.05, 0.1) is 11.3 Å². The molecule has 0 aliphatic carbocycles. The zero-order valence-electron chi connectivity index (χ0n) is 11.2. The molecule has 21 heavy (non-hydrogen) atoms. The van der Waals surface area contributed by atoms with Gasteiger partial charge in [0, 0.05) is 24.3 Å². The molecule has 0 saturated heterocycles. The van der Waals surface area contributed by atoms with E-state index in [9.17, 15) is 0 Å². The van der Waals surface area contributed by atoms with Crippen LogP contribution in [0.2, 0.25) is 0 Å². The highest BCUT2D eigenvalue weighted by Crippen LogP contribution is 2.12. The number of hydrogen-bond acceptors (Lipinski definition) is 3. The first kappa shape index (κ1) is 12.8. The fourth-order valence-electron chi connectivity index (χ4n) is 1.98. The van der Waals surface area contributed by atoms with Crippen LogP contribution in [0.1, 0.15) is 17.1 Å². The summed E-state index contributed by atoms with van der Waals surface area (Å²) in [6.07, 6.45) is 9.02. The summed E-state index contributed by atoms with van der Waals surface area (Å²) < 4.78 is 2.00. The second-order valence-electron chi connectivity index (χ2n) is 4.41. The highest BCUT2D eigenvalue weighted by molar-refractivity contribution is 5.65. The maximum absolute atomic E-state index is 8.75. The third-order valence-corrected chi connectivity index (χ3v) is 3.02. The lowest BCUT2D eigenvalue weighted by atomic mass is 10.2. The number of rotatable bonds is 3. The summed E-state index contributed by atoms with van der Waals surface area (Å²) in [5, 5.41) is 8.75. The Bertz CT molecular complexity index is 793. The van der Waals surface area contributed by atoms with E-state index < -0.39 is 0 Å². The third kappa shape index (κ3) is 2.88. The van der Waals surface area contributed by atoms with Crippen LogP contribution in [-0.4, -0.2) is 14.5 Å². The minimum atomic E-state index is 0.554. The third-order valence-electron chi connectivity index (χ3n) is 3.02.